The van der Waals surface area contributed by atoms with E-state index in [0.29, 0.717) is 75.6 Å². The van der Waals surface area contributed by atoms with Crippen LogP contribution in [0.15, 0.2) is 41.3 Å². The van der Waals surface area contributed by atoms with Gasteiger partial charge < -0.3 is 24.1 Å². The van der Waals surface area contributed by atoms with Gasteiger partial charge in [-0.2, -0.15) is 9.29 Å². The second kappa shape index (κ2) is 15.3. The Morgan fingerprint density at radius 3 is 2.50 bits per heavy atom. The summed E-state index contributed by atoms with van der Waals surface area (Å²) in [5, 5.41) is 19.6. The maximum atomic E-state index is 14.6. The Bertz CT molecular complexity index is 2210. The highest BCUT2D eigenvalue weighted by atomic mass is 32.2. The predicted octanol–water partition coefficient (Wildman–Crippen LogP) is 4.33. The number of fused-ring (bicyclic) bond motifs is 2. The van der Waals surface area contributed by atoms with Crippen LogP contribution < -0.4 is 9.47 Å². The number of hydrogen-bond acceptors (Lipinski definition) is 12. The summed E-state index contributed by atoms with van der Waals surface area (Å²) in [4.78, 5) is 24.9. The Hall–Kier alpha value is -4.22. The van der Waals surface area contributed by atoms with Gasteiger partial charge in [0.2, 0.25) is 21.8 Å². The normalized spacial score (nSPS) is 20.6. The van der Waals surface area contributed by atoms with E-state index in [0.717, 1.165) is 47.4 Å². The average Bonchev–Trinajstić information content (AvgIpc) is 3.92. The van der Waals surface area contributed by atoms with Crippen molar-refractivity contribution in [2.24, 2.45) is 11.3 Å². The third-order valence-corrected chi connectivity index (χ3v) is 13.7. The largest absolute Gasteiger partial charge is 0.481 e. The molecule has 6 heterocycles. The number of carboxylic acid groups (broad SMARTS) is 1. The maximum absolute atomic E-state index is 14.6. The van der Waals surface area contributed by atoms with Crippen molar-refractivity contribution in [1.82, 2.24) is 34.2 Å². The van der Waals surface area contributed by atoms with Crippen LogP contribution in [0.3, 0.4) is 0 Å². The van der Waals surface area contributed by atoms with Gasteiger partial charge in [-0.05, 0) is 81.3 Å². The Kier molecular flexibility index (Phi) is 10.5. The van der Waals surface area contributed by atoms with Crippen molar-refractivity contribution in [1.29, 1.82) is 0 Å². The van der Waals surface area contributed by atoms with Gasteiger partial charge in [0, 0.05) is 56.7 Å². The van der Waals surface area contributed by atoms with E-state index in [1.165, 1.54) is 23.2 Å². The topological polar surface area (TPSA) is 171 Å². The number of benzene rings is 1. The van der Waals surface area contributed by atoms with Gasteiger partial charge >= 0.3 is 5.97 Å². The molecule has 0 radical (unpaired) electrons. The highest BCUT2D eigenvalue weighted by Gasteiger charge is 2.46. The molecular formula is C40H51N7O8S. The first-order chi connectivity index (χ1) is 26.8. The van der Waals surface area contributed by atoms with Crippen LogP contribution in [0.1, 0.15) is 73.5 Å². The molecule has 1 atom stereocenters. The highest BCUT2D eigenvalue weighted by molar-refractivity contribution is 7.89. The third kappa shape index (κ3) is 7.61. The fraction of sp³-hybridized carbons (Fsp3) is 0.575. The zero-order valence-corrected chi connectivity index (χ0v) is 33.4. The number of pyridine rings is 2. The Balaban J connectivity index is 1.12. The SMILES string of the molecule is Cc1ccc(C(c2ccc3c(nnn3CC3CC3)c2C)C(C)(C)C(=O)O)nc1CN1CC2(CCOCC2)Oc2nc(OCCN3CCOCC3)ccc2S1(=O)=O. The molecule has 1 saturated carbocycles. The van der Waals surface area contributed by atoms with E-state index in [9.17, 15) is 18.3 Å². The number of aryl methyl sites for hydroxylation is 2. The highest BCUT2D eigenvalue weighted by Crippen LogP contribution is 2.44. The predicted molar refractivity (Wildman–Crippen MR) is 205 cm³/mol. The van der Waals surface area contributed by atoms with Crippen molar-refractivity contribution in [3.05, 3.63) is 64.5 Å². The number of rotatable bonds is 12. The number of hydrogen-bond donors (Lipinski definition) is 1. The molecule has 1 aliphatic carbocycles. The minimum Gasteiger partial charge on any atom is -0.481 e. The molecule has 0 amide bonds. The van der Waals surface area contributed by atoms with E-state index in [1.54, 1.807) is 19.9 Å². The van der Waals surface area contributed by atoms with Gasteiger partial charge in [-0.3, -0.25) is 14.7 Å². The molecule has 15 nitrogen and oxygen atoms in total. The zero-order valence-electron chi connectivity index (χ0n) is 32.6. The number of aromatic nitrogens is 5. The summed E-state index contributed by atoms with van der Waals surface area (Å²) >= 11 is 0. The number of carboxylic acids is 1. The molecule has 4 aliphatic rings. The minimum atomic E-state index is -4.15. The standard InChI is InChI=1S/C40H51N7O8S/c1-26-5-9-30(35(39(3,4)38(48)49)29-8-10-32-36(27(29)2)43-44-47(32)23-28-6-7-28)41-31(26)24-46-25-40(13-18-52-19-14-40)55-37-33(56(46,50)51)11-12-34(42-37)54-22-17-45-15-20-53-21-16-45/h5,8-12,28,35H,6-7,13-25H2,1-4H3,(H,48,49). The van der Waals surface area contributed by atoms with Crippen LogP contribution in [-0.2, 0) is 37.4 Å². The van der Waals surface area contributed by atoms with E-state index in [-0.39, 0.29) is 23.9 Å². The van der Waals surface area contributed by atoms with Gasteiger partial charge in [0.15, 0.2) is 0 Å². The van der Waals surface area contributed by atoms with Crippen LogP contribution >= 0.6 is 0 Å². The van der Waals surface area contributed by atoms with Crippen LogP contribution in [-0.4, -0.2) is 118 Å². The molecule has 0 bridgehead atoms. The van der Waals surface area contributed by atoms with E-state index >= 15 is 0 Å². The number of aliphatic carboxylic acids is 1. The molecule has 2 saturated heterocycles. The maximum Gasteiger partial charge on any atom is 0.310 e. The summed E-state index contributed by atoms with van der Waals surface area (Å²) in [6.45, 7) is 13.0. The minimum absolute atomic E-state index is 0.0138. The summed E-state index contributed by atoms with van der Waals surface area (Å²) in [5.74, 6) is -0.749. The molecule has 4 aromatic rings. The van der Waals surface area contributed by atoms with E-state index < -0.39 is 32.9 Å². The van der Waals surface area contributed by atoms with Crippen molar-refractivity contribution in [2.75, 3.05) is 59.2 Å². The van der Waals surface area contributed by atoms with Gasteiger partial charge in [-0.15, -0.1) is 5.10 Å². The van der Waals surface area contributed by atoms with Gasteiger partial charge in [0.25, 0.3) is 0 Å². The monoisotopic (exact) mass is 789 g/mol. The summed E-state index contributed by atoms with van der Waals surface area (Å²) in [6, 6.07) is 10.8. The fourth-order valence-corrected chi connectivity index (χ4v) is 9.61. The molecule has 1 N–H and O–H groups in total. The lowest BCUT2D eigenvalue weighted by Gasteiger charge is -2.38. The van der Waals surface area contributed by atoms with Gasteiger partial charge in [0.1, 0.15) is 22.6 Å². The van der Waals surface area contributed by atoms with Gasteiger partial charge in [-0.25, -0.2) is 13.1 Å². The number of nitrogens with zero attached hydrogens (tertiary/aromatic N) is 7. The lowest BCUT2D eigenvalue weighted by Crippen LogP contribution is -2.50. The molecule has 16 heteroatoms. The Morgan fingerprint density at radius 2 is 1.77 bits per heavy atom. The fourth-order valence-electron chi connectivity index (χ4n) is 8.08. The second-order valence-corrected chi connectivity index (χ2v) is 18.2. The average molecular weight is 790 g/mol. The van der Waals surface area contributed by atoms with Crippen molar-refractivity contribution in [3.63, 3.8) is 0 Å². The van der Waals surface area contributed by atoms with Crippen molar-refractivity contribution >= 4 is 27.0 Å². The molecule has 300 valence electrons. The summed E-state index contributed by atoms with van der Waals surface area (Å²) < 4.78 is 56.4. The smallest absolute Gasteiger partial charge is 0.310 e. The van der Waals surface area contributed by atoms with E-state index in [4.69, 9.17) is 23.9 Å². The van der Waals surface area contributed by atoms with E-state index in [2.05, 4.69) is 20.2 Å². The van der Waals surface area contributed by atoms with Crippen molar-refractivity contribution in [3.8, 4) is 11.8 Å². The van der Waals surface area contributed by atoms with Gasteiger partial charge in [0.05, 0.1) is 56.1 Å². The number of ether oxygens (including phenoxy) is 4. The first-order valence-electron chi connectivity index (χ1n) is 19.6. The first-order valence-corrected chi connectivity index (χ1v) is 21.0. The van der Waals surface area contributed by atoms with Crippen LogP contribution in [0.2, 0.25) is 0 Å². The third-order valence-electron chi connectivity index (χ3n) is 11.9. The van der Waals surface area contributed by atoms with Crippen LogP contribution in [0.5, 0.6) is 11.8 Å². The number of carbonyl (C=O) groups is 1. The molecule has 1 unspecified atom stereocenters. The van der Waals surface area contributed by atoms with Crippen molar-refractivity contribution in [2.45, 2.75) is 82.9 Å². The second-order valence-electron chi connectivity index (χ2n) is 16.2. The lowest BCUT2D eigenvalue weighted by atomic mass is 9.71. The lowest BCUT2D eigenvalue weighted by molar-refractivity contribution is -0.147. The van der Waals surface area contributed by atoms with E-state index in [1.807, 2.05) is 42.8 Å². The first kappa shape index (κ1) is 38.6. The molecule has 1 aromatic carbocycles. The molecule has 1 spiro atoms. The summed E-state index contributed by atoms with van der Waals surface area (Å²) in [5.41, 5.74) is 2.92. The molecule has 56 heavy (non-hydrogen) atoms. The summed E-state index contributed by atoms with van der Waals surface area (Å²) in [6.07, 6.45) is 3.31. The Labute approximate surface area is 327 Å². The molecule has 3 aliphatic heterocycles. The van der Waals surface area contributed by atoms with Gasteiger partial charge in [-0.1, -0.05) is 17.3 Å². The zero-order chi connectivity index (χ0) is 39.2. The molecule has 3 fully saturated rings. The number of morpholine rings is 1. The molecular weight excluding hydrogens is 739 g/mol. The summed E-state index contributed by atoms with van der Waals surface area (Å²) in [7, 11) is -4.15. The molecule has 3 aromatic heterocycles. The quantitative estimate of drug-likeness (QED) is 0.215. The number of sulfonamides is 1. The molecule has 8 rings (SSSR count). The van der Waals surface area contributed by atoms with Crippen LogP contribution in [0, 0.1) is 25.2 Å². The van der Waals surface area contributed by atoms with Crippen molar-refractivity contribution < 1.29 is 37.3 Å². The van der Waals surface area contributed by atoms with Crippen LogP contribution in [0.25, 0.3) is 11.0 Å². The van der Waals surface area contributed by atoms with Crippen LogP contribution in [0.4, 0.5) is 0 Å². The Morgan fingerprint density at radius 1 is 1.02 bits per heavy atom.